The lowest BCUT2D eigenvalue weighted by Crippen LogP contribution is -2.43. The van der Waals surface area contributed by atoms with Gasteiger partial charge < -0.3 is 15.4 Å². The Morgan fingerprint density at radius 3 is 2.48 bits per heavy atom. The Bertz CT molecular complexity index is 447. The quantitative estimate of drug-likeness (QED) is 0.810. The van der Waals surface area contributed by atoms with E-state index in [1.807, 2.05) is 31.2 Å². The van der Waals surface area contributed by atoms with Crippen LogP contribution in [0.15, 0.2) is 24.3 Å². The molecule has 1 amide bonds. The molecule has 1 aromatic carbocycles. The van der Waals surface area contributed by atoms with Crippen molar-refractivity contribution in [3.05, 3.63) is 29.8 Å². The summed E-state index contributed by atoms with van der Waals surface area (Å²) in [7, 11) is 0. The van der Waals surface area contributed by atoms with Crippen molar-refractivity contribution in [1.82, 2.24) is 10.6 Å². The van der Waals surface area contributed by atoms with E-state index in [1.54, 1.807) is 12.2 Å². The van der Waals surface area contributed by atoms with Crippen molar-refractivity contribution in [1.29, 1.82) is 0 Å². The molecular weight excluding hydrogens is 285 g/mol. The Morgan fingerprint density at radius 2 is 1.90 bits per heavy atom. The highest BCUT2D eigenvalue weighted by atomic mass is 19.4. The number of carbonyl (C=O) groups is 1. The first-order valence-corrected chi connectivity index (χ1v) is 6.52. The molecule has 0 heterocycles. The van der Waals surface area contributed by atoms with Crippen LogP contribution >= 0.6 is 0 Å². The van der Waals surface area contributed by atoms with Crippen LogP contribution in [0.1, 0.15) is 12.5 Å². The van der Waals surface area contributed by atoms with Gasteiger partial charge in [-0.2, -0.15) is 13.2 Å². The average molecular weight is 304 g/mol. The highest BCUT2D eigenvalue weighted by Gasteiger charge is 2.27. The molecule has 1 aromatic rings. The van der Waals surface area contributed by atoms with Crippen molar-refractivity contribution in [3.63, 3.8) is 0 Å². The molecule has 21 heavy (non-hydrogen) atoms. The minimum absolute atomic E-state index is 0.164. The molecule has 0 saturated carbocycles. The Balaban J connectivity index is 2.20. The van der Waals surface area contributed by atoms with E-state index >= 15 is 0 Å². The number of hydrogen-bond acceptors (Lipinski definition) is 3. The SMILES string of the molecule is Cc1ccc(OCC(C)NCC(=O)NCC(F)(F)F)cc1. The lowest BCUT2D eigenvalue weighted by Gasteiger charge is -2.15. The van der Waals surface area contributed by atoms with Gasteiger partial charge in [0.2, 0.25) is 5.91 Å². The van der Waals surface area contributed by atoms with E-state index in [0.29, 0.717) is 12.4 Å². The number of ether oxygens (including phenoxy) is 1. The molecule has 1 unspecified atom stereocenters. The van der Waals surface area contributed by atoms with Crippen molar-refractivity contribution in [2.24, 2.45) is 0 Å². The highest BCUT2D eigenvalue weighted by Crippen LogP contribution is 2.12. The van der Waals surface area contributed by atoms with Crippen LogP contribution in [0.4, 0.5) is 13.2 Å². The lowest BCUT2D eigenvalue weighted by atomic mass is 10.2. The molecule has 0 aliphatic rings. The number of amides is 1. The number of aryl methyl sites for hydroxylation is 1. The van der Waals surface area contributed by atoms with Crippen LogP contribution in [0, 0.1) is 6.92 Å². The highest BCUT2D eigenvalue weighted by molar-refractivity contribution is 5.78. The number of alkyl halides is 3. The van der Waals surface area contributed by atoms with Crippen LogP contribution in [0.5, 0.6) is 5.75 Å². The second kappa shape index (κ2) is 7.87. The van der Waals surface area contributed by atoms with Gasteiger partial charge in [0.1, 0.15) is 18.9 Å². The van der Waals surface area contributed by atoms with Crippen LogP contribution < -0.4 is 15.4 Å². The van der Waals surface area contributed by atoms with Crippen molar-refractivity contribution in [2.75, 3.05) is 19.7 Å². The zero-order valence-corrected chi connectivity index (χ0v) is 12.0. The molecule has 0 spiro atoms. The first-order valence-electron chi connectivity index (χ1n) is 6.52. The third-order valence-corrected chi connectivity index (χ3v) is 2.62. The summed E-state index contributed by atoms with van der Waals surface area (Å²) in [6.45, 7) is 2.56. The Kier molecular flexibility index (Phi) is 6.48. The average Bonchev–Trinajstić information content (AvgIpc) is 2.41. The van der Waals surface area contributed by atoms with Gasteiger partial charge in [-0.05, 0) is 26.0 Å². The van der Waals surface area contributed by atoms with E-state index < -0.39 is 18.6 Å². The van der Waals surface area contributed by atoms with Gasteiger partial charge in [0, 0.05) is 6.04 Å². The van der Waals surface area contributed by atoms with Crippen LogP contribution in [0.25, 0.3) is 0 Å². The molecule has 0 aliphatic carbocycles. The van der Waals surface area contributed by atoms with Crippen LogP contribution in [-0.2, 0) is 4.79 Å². The Hall–Kier alpha value is -1.76. The van der Waals surface area contributed by atoms with Crippen LogP contribution in [-0.4, -0.2) is 37.8 Å². The molecular formula is C14H19F3N2O2. The first-order chi connectivity index (χ1) is 9.76. The summed E-state index contributed by atoms with van der Waals surface area (Å²) in [5, 5.41) is 4.59. The summed E-state index contributed by atoms with van der Waals surface area (Å²) >= 11 is 0. The maximum atomic E-state index is 11.9. The summed E-state index contributed by atoms with van der Waals surface area (Å²) in [5.41, 5.74) is 1.12. The smallest absolute Gasteiger partial charge is 0.405 e. The zero-order chi connectivity index (χ0) is 15.9. The van der Waals surface area contributed by atoms with E-state index in [1.165, 1.54) is 0 Å². The largest absolute Gasteiger partial charge is 0.492 e. The third-order valence-electron chi connectivity index (χ3n) is 2.62. The van der Waals surface area contributed by atoms with E-state index in [0.717, 1.165) is 5.56 Å². The Morgan fingerprint density at radius 1 is 1.29 bits per heavy atom. The number of rotatable bonds is 7. The fourth-order valence-corrected chi connectivity index (χ4v) is 1.44. The fourth-order valence-electron chi connectivity index (χ4n) is 1.44. The van der Waals surface area contributed by atoms with Crippen molar-refractivity contribution in [3.8, 4) is 5.75 Å². The van der Waals surface area contributed by atoms with E-state index in [9.17, 15) is 18.0 Å². The zero-order valence-electron chi connectivity index (χ0n) is 12.0. The molecule has 118 valence electrons. The molecule has 7 heteroatoms. The molecule has 0 bridgehead atoms. The topological polar surface area (TPSA) is 50.4 Å². The second-order valence-corrected chi connectivity index (χ2v) is 4.80. The minimum Gasteiger partial charge on any atom is -0.492 e. The normalized spacial score (nSPS) is 12.8. The van der Waals surface area contributed by atoms with Gasteiger partial charge >= 0.3 is 6.18 Å². The predicted octanol–water partition coefficient (Wildman–Crippen LogP) is 2.03. The summed E-state index contributed by atoms with van der Waals surface area (Å²) < 4.78 is 41.2. The summed E-state index contributed by atoms with van der Waals surface area (Å²) in [5.74, 6) is 0.00489. The van der Waals surface area contributed by atoms with Crippen molar-refractivity contribution < 1.29 is 22.7 Å². The predicted molar refractivity (Wildman–Crippen MR) is 73.2 cm³/mol. The van der Waals surface area contributed by atoms with E-state index in [2.05, 4.69) is 5.32 Å². The van der Waals surface area contributed by atoms with Gasteiger partial charge in [-0.3, -0.25) is 4.79 Å². The minimum atomic E-state index is -4.39. The third kappa shape index (κ3) is 8.19. The van der Waals surface area contributed by atoms with Gasteiger partial charge in [-0.25, -0.2) is 0 Å². The molecule has 2 N–H and O–H groups in total. The molecule has 0 aromatic heterocycles. The molecule has 1 rings (SSSR count). The molecule has 0 fully saturated rings. The fraction of sp³-hybridized carbons (Fsp3) is 0.500. The van der Waals surface area contributed by atoms with Crippen LogP contribution in [0.2, 0.25) is 0 Å². The van der Waals surface area contributed by atoms with Gasteiger partial charge in [-0.1, -0.05) is 17.7 Å². The summed E-state index contributed by atoms with van der Waals surface area (Å²) in [6.07, 6.45) is -4.39. The lowest BCUT2D eigenvalue weighted by molar-refractivity contribution is -0.137. The van der Waals surface area contributed by atoms with E-state index in [-0.39, 0.29) is 12.6 Å². The monoisotopic (exact) mass is 304 g/mol. The number of hydrogen-bond donors (Lipinski definition) is 2. The van der Waals surface area contributed by atoms with Gasteiger partial charge in [0.05, 0.1) is 6.54 Å². The number of benzene rings is 1. The number of nitrogens with one attached hydrogen (secondary N) is 2. The van der Waals surface area contributed by atoms with Gasteiger partial charge in [-0.15, -0.1) is 0 Å². The number of carbonyl (C=O) groups excluding carboxylic acids is 1. The van der Waals surface area contributed by atoms with E-state index in [4.69, 9.17) is 4.74 Å². The molecule has 0 radical (unpaired) electrons. The molecule has 0 aliphatic heterocycles. The standard InChI is InChI=1S/C14H19F3N2O2/c1-10-3-5-12(6-4-10)21-8-11(2)18-7-13(20)19-9-14(15,16)17/h3-6,11,18H,7-9H2,1-2H3,(H,19,20). The van der Waals surface area contributed by atoms with Crippen LogP contribution in [0.3, 0.4) is 0 Å². The maximum absolute atomic E-state index is 11.9. The van der Waals surface area contributed by atoms with Crippen molar-refractivity contribution in [2.45, 2.75) is 26.1 Å². The molecule has 4 nitrogen and oxygen atoms in total. The summed E-state index contributed by atoms with van der Waals surface area (Å²) in [4.78, 5) is 11.2. The second-order valence-electron chi connectivity index (χ2n) is 4.80. The molecule has 0 saturated heterocycles. The molecule has 1 atom stereocenters. The Labute approximate surface area is 121 Å². The van der Waals surface area contributed by atoms with Crippen molar-refractivity contribution >= 4 is 5.91 Å². The first kappa shape index (κ1) is 17.3. The number of halogens is 3. The van der Waals surface area contributed by atoms with Gasteiger partial charge in [0.25, 0.3) is 0 Å². The van der Waals surface area contributed by atoms with Gasteiger partial charge in [0.15, 0.2) is 0 Å². The summed E-state index contributed by atoms with van der Waals surface area (Å²) in [6, 6.07) is 7.33. The maximum Gasteiger partial charge on any atom is 0.405 e.